The van der Waals surface area contributed by atoms with E-state index in [-0.39, 0.29) is 11.9 Å². The summed E-state index contributed by atoms with van der Waals surface area (Å²) in [4.78, 5) is 26.8. The number of benzene rings is 2. The lowest BCUT2D eigenvalue weighted by Gasteiger charge is -2.42. The number of nitrogens with one attached hydrogen (secondary N) is 1. The molecule has 7 nitrogen and oxygen atoms in total. The van der Waals surface area contributed by atoms with Gasteiger partial charge in [0.1, 0.15) is 17.6 Å². The molecule has 0 aliphatic carbocycles. The molecule has 3 heterocycles. The summed E-state index contributed by atoms with van der Waals surface area (Å²) >= 11 is 0. The van der Waals surface area contributed by atoms with Crippen LogP contribution in [0.5, 0.6) is 0 Å². The first kappa shape index (κ1) is 21.9. The summed E-state index contributed by atoms with van der Waals surface area (Å²) in [7, 11) is 0. The fraction of sp³-hybridized carbons (Fsp3) is 0.296. The van der Waals surface area contributed by atoms with E-state index >= 15 is 0 Å². The summed E-state index contributed by atoms with van der Waals surface area (Å²) in [5.41, 5.74) is 5.01. The Balaban J connectivity index is 1.34. The normalized spacial score (nSPS) is 17.1. The fourth-order valence-electron chi connectivity index (χ4n) is 4.73. The maximum Gasteiger partial charge on any atom is 0.244 e. The van der Waals surface area contributed by atoms with Crippen molar-refractivity contribution in [1.29, 1.82) is 0 Å². The van der Waals surface area contributed by atoms with E-state index in [9.17, 15) is 4.79 Å². The summed E-state index contributed by atoms with van der Waals surface area (Å²) < 4.78 is 1.96. The number of nitrogens with zero attached hydrogens (tertiary/aromatic N) is 5. The third-order valence-corrected chi connectivity index (χ3v) is 6.47. The van der Waals surface area contributed by atoms with Gasteiger partial charge in [0.15, 0.2) is 5.65 Å². The molecule has 1 N–H and O–H groups in total. The number of rotatable bonds is 5. The third kappa shape index (κ3) is 4.21. The van der Waals surface area contributed by atoms with Gasteiger partial charge in [-0.05, 0) is 38.5 Å². The molecular weight excluding hydrogens is 424 g/mol. The summed E-state index contributed by atoms with van der Waals surface area (Å²) in [6.45, 7) is 8.44. The van der Waals surface area contributed by atoms with Crippen LogP contribution in [0, 0.1) is 6.92 Å². The predicted molar refractivity (Wildman–Crippen MR) is 136 cm³/mol. The SMILES string of the molecule is Cc1cccc(N2CCN(C(=O)C(C)Nc3c(-c4ccccc4)nc4cnccn34)CC2C)c1. The third-order valence-electron chi connectivity index (χ3n) is 6.47. The molecular formula is C27H30N6O. The first-order chi connectivity index (χ1) is 16.5. The highest BCUT2D eigenvalue weighted by molar-refractivity contribution is 5.86. The van der Waals surface area contributed by atoms with E-state index in [1.807, 2.05) is 52.8 Å². The predicted octanol–water partition coefficient (Wildman–Crippen LogP) is 4.24. The smallest absolute Gasteiger partial charge is 0.244 e. The van der Waals surface area contributed by atoms with Gasteiger partial charge in [0.25, 0.3) is 0 Å². The van der Waals surface area contributed by atoms with Crippen LogP contribution in [0.15, 0.2) is 73.2 Å². The summed E-state index contributed by atoms with van der Waals surface area (Å²) in [5.74, 6) is 0.898. The number of hydrogen-bond donors (Lipinski definition) is 1. The lowest BCUT2D eigenvalue weighted by molar-refractivity contribution is -0.132. The zero-order valence-corrected chi connectivity index (χ0v) is 19.8. The number of carbonyl (C=O) groups excluding carboxylic acids is 1. The van der Waals surface area contributed by atoms with E-state index in [0.29, 0.717) is 13.1 Å². The molecule has 174 valence electrons. The monoisotopic (exact) mass is 454 g/mol. The Morgan fingerprint density at radius 3 is 2.71 bits per heavy atom. The van der Waals surface area contributed by atoms with Gasteiger partial charge in [-0.15, -0.1) is 0 Å². The van der Waals surface area contributed by atoms with E-state index in [1.165, 1.54) is 11.3 Å². The molecule has 0 radical (unpaired) electrons. The molecule has 2 unspecified atom stereocenters. The fourth-order valence-corrected chi connectivity index (χ4v) is 4.73. The van der Waals surface area contributed by atoms with Gasteiger partial charge in [0.2, 0.25) is 5.91 Å². The Hall–Kier alpha value is -3.87. The minimum Gasteiger partial charge on any atom is -0.365 e. The molecule has 7 heteroatoms. The highest BCUT2D eigenvalue weighted by atomic mass is 16.2. The molecule has 2 atom stereocenters. The Bertz CT molecular complexity index is 1300. The van der Waals surface area contributed by atoms with Crippen LogP contribution in [-0.2, 0) is 4.79 Å². The highest BCUT2D eigenvalue weighted by Crippen LogP contribution is 2.29. The molecule has 34 heavy (non-hydrogen) atoms. The minimum atomic E-state index is -0.395. The number of hydrogen-bond acceptors (Lipinski definition) is 5. The van der Waals surface area contributed by atoms with Gasteiger partial charge in [0, 0.05) is 49.3 Å². The van der Waals surface area contributed by atoms with Crippen molar-refractivity contribution in [2.75, 3.05) is 29.9 Å². The Morgan fingerprint density at radius 2 is 1.94 bits per heavy atom. The van der Waals surface area contributed by atoms with E-state index in [0.717, 1.165) is 29.3 Å². The van der Waals surface area contributed by atoms with E-state index in [2.05, 4.69) is 53.3 Å². The molecule has 1 saturated heterocycles. The molecule has 2 aromatic heterocycles. The number of anilines is 2. The van der Waals surface area contributed by atoms with E-state index < -0.39 is 6.04 Å². The maximum atomic E-state index is 13.5. The van der Waals surface area contributed by atoms with Crippen molar-refractivity contribution >= 4 is 23.1 Å². The van der Waals surface area contributed by atoms with Crippen molar-refractivity contribution < 1.29 is 4.79 Å². The van der Waals surface area contributed by atoms with E-state index in [4.69, 9.17) is 4.98 Å². The number of carbonyl (C=O) groups is 1. The van der Waals surface area contributed by atoms with Gasteiger partial charge in [0.05, 0.1) is 6.20 Å². The summed E-state index contributed by atoms with van der Waals surface area (Å²) in [5, 5.41) is 3.46. The van der Waals surface area contributed by atoms with Crippen LogP contribution in [0.2, 0.25) is 0 Å². The molecule has 5 rings (SSSR count). The number of fused-ring (bicyclic) bond motifs is 1. The molecule has 0 saturated carbocycles. The molecule has 1 fully saturated rings. The largest absolute Gasteiger partial charge is 0.365 e. The Labute approximate surface area is 200 Å². The van der Waals surface area contributed by atoms with Crippen LogP contribution in [0.4, 0.5) is 11.5 Å². The highest BCUT2D eigenvalue weighted by Gasteiger charge is 2.30. The zero-order chi connectivity index (χ0) is 23.7. The molecule has 0 bridgehead atoms. The molecule has 1 aliphatic rings. The standard InChI is InChI=1S/C27H30N6O/c1-19-8-7-11-23(16-19)32-15-14-31(18-20(32)2)27(34)21(3)29-26-25(22-9-5-4-6-10-22)30-24-17-28-12-13-33(24)26/h4-13,16-17,20-21,29H,14-15,18H2,1-3H3. The Kier molecular flexibility index (Phi) is 5.92. The molecule has 0 spiro atoms. The quantitative estimate of drug-likeness (QED) is 0.489. The van der Waals surface area contributed by atoms with Gasteiger partial charge < -0.3 is 15.1 Å². The van der Waals surface area contributed by atoms with Gasteiger partial charge in [-0.25, -0.2) is 4.98 Å². The maximum absolute atomic E-state index is 13.5. The van der Waals surface area contributed by atoms with Crippen LogP contribution in [0.3, 0.4) is 0 Å². The van der Waals surface area contributed by atoms with Crippen molar-refractivity contribution in [2.24, 2.45) is 0 Å². The summed E-state index contributed by atoms with van der Waals surface area (Å²) in [6, 6.07) is 18.4. The molecule has 1 amide bonds. The lowest BCUT2D eigenvalue weighted by Crippen LogP contribution is -2.56. The van der Waals surface area contributed by atoms with Crippen molar-refractivity contribution in [2.45, 2.75) is 32.9 Å². The first-order valence-corrected chi connectivity index (χ1v) is 11.8. The number of aromatic nitrogens is 3. The van der Waals surface area contributed by atoms with Crippen molar-refractivity contribution in [3.8, 4) is 11.3 Å². The van der Waals surface area contributed by atoms with Gasteiger partial charge in [-0.1, -0.05) is 42.5 Å². The average Bonchev–Trinajstić information content (AvgIpc) is 3.22. The van der Waals surface area contributed by atoms with Crippen LogP contribution in [0.1, 0.15) is 19.4 Å². The molecule has 2 aromatic carbocycles. The van der Waals surface area contributed by atoms with Crippen molar-refractivity contribution in [3.63, 3.8) is 0 Å². The second-order valence-corrected chi connectivity index (χ2v) is 9.01. The lowest BCUT2D eigenvalue weighted by atomic mass is 10.1. The number of imidazole rings is 1. The second kappa shape index (κ2) is 9.17. The van der Waals surface area contributed by atoms with Gasteiger partial charge in [-0.3, -0.25) is 14.2 Å². The molecule has 1 aliphatic heterocycles. The van der Waals surface area contributed by atoms with Gasteiger partial charge in [-0.2, -0.15) is 0 Å². The number of amides is 1. The van der Waals surface area contributed by atoms with E-state index in [1.54, 1.807) is 12.4 Å². The second-order valence-electron chi connectivity index (χ2n) is 9.01. The Morgan fingerprint density at radius 1 is 1.12 bits per heavy atom. The van der Waals surface area contributed by atoms with Crippen molar-refractivity contribution in [3.05, 3.63) is 78.8 Å². The van der Waals surface area contributed by atoms with Crippen molar-refractivity contribution in [1.82, 2.24) is 19.3 Å². The topological polar surface area (TPSA) is 65.8 Å². The summed E-state index contributed by atoms with van der Waals surface area (Å²) in [6.07, 6.45) is 5.33. The average molecular weight is 455 g/mol. The first-order valence-electron chi connectivity index (χ1n) is 11.8. The van der Waals surface area contributed by atoms with Crippen LogP contribution < -0.4 is 10.2 Å². The van der Waals surface area contributed by atoms with Crippen LogP contribution in [0.25, 0.3) is 16.9 Å². The number of aryl methyl sites for hydroxylation is 1. The van der Waals surface area contributed by atoms with Gasteiger partial charge >= 0.3 is 0 Å². The number of piperazine rings is 1. The minimum absolute atomic E-state index is 0.0961. The molecule has 4 aromatic rings. The van der Waals surface area contributed by atoms with Crippen LogP contribution in [-0.4, -0.2) is 56.9 Å². The zero-order valence-electron chi connectivity index (χ0n) is 19.8. The van der Waals surface area contributed by atoms with Crippen LogP contribution >= 0.6 is 0 Å².